The Labute approximate surface area is 70.9 Å². The SMILES string of the molecule is OCC1CN(c2cnccn2)C1. The molecule has 0 bridgehead atoms. The van der Waals surface area contributed by atoms with Gasteiger partial charge in [0.1, 0.15) is 5.82 Å². The fourth-order valence-electron chi connectivity index (χ4n) is 1.33. The molecule has 0 atom stereocenters. The molecule has 1 aliphatic heterocycles. The lowest BCUT2D eigenvalue weighted by Crippen LogP contribution is -2.48. The Bertz CT molecular complexity index is 246. The summed E-state index contributed by atoms with van der Waals surface area (Å²) in [6.07, 6.45) is 5.09. The Kier molecular flexibility index (Phi) is 1.91. The number of aromatic nitrogens is 2. The van der Waals surface area contributed by atoms with Crippen LogP contribution in [0, 0.1) is 5.92 Å². The van der Waals surface area contributed by atoms with Gasteiger partial charge >= 0.3 is 0 Å². The predicted octanol–water partition coefficient (Wildman–Crippen LogP) is -0.0949. The number of anilines is 1. The quantitative estimate of drug-likeness (QED) is 0.665. The molecule has 0 aliphatic carbocycles. The van der Waals surface area contributed by atoms with Crippen LogP contribution in [0.5, 0.6) is 0 Å². The summed E-state index contributed by atoms with van der Waals surface area (Å²) in [5, 5.41) is 8.79. The van der Waals surface area contributed by atoms with E-state index in [-0.39, 0.29) is 6.61 Å². The van der Waals surface area contributed by atoms with Crippen molar-refractivity contribution in [3.05, 3.63) is 18.6 Å². The Morgan fingerprint density at radius 3 is 2.92 bits per heavy atom. The molecule has 2 heterocycles. The lowest BCUT2D eigenvalue weighted by molar-refractivity contribution is 0.200. The minimum atomic E-state index is 0.275. The number of aliphatic hydroxyl groups is 1. The molecule has 2 rings (SSSR count). The largest absolute Gasteiger partial charge is 0.396 e. The first kappa shape index (κ1) is 7.49. The van der Waals surface area contributed by atoms with E-state index in [0.29, 0.717) is 5.92 Å². The van der Waals surface area contributed by atoms with E-state index in [1.807, 2.05) is 0 Å². The molecule has 1 N–H and O–H groups in total. The summed E-state index contributed by atoms with van der Waals surface area (Å²) >= 11 is 0. The van der Waals surface area contributed by atoms with E-state index in [1.165, 1.54) is 0 Å². The first-order valence-corrected chi connectivity index (χ1v) is 4.02. The molecule has 0 spiro atoms. The molecule has 1 fully saturated rings. The number of nitrogens with zero attached hydrogens (tertiary/aromatic N) is 3. The van der Waals surface area contributed by atoms with E-state index >= 15 is 0 Å². The Morgan fingerprint density at radius 2 is 2.33 bits per heavy atom. The van der Waals surface area contributed by atoms with Crippen molar-refractivity contribution in [3.8, 4) is 0 Å². The summed E-state index contributed by atoms with van der Waals surface area (Å²) in [6.45, 7) is 2.07. The summed E-state index contributed by atoms with van der Waals surface area (Å²) in [7, 11) is 0. The third kappa shape index (κ3) is 1.25. The molecule has 1 saturated heterocycles. The van der Waals surface area contributed by atoms with Crippen LogP contribution in [0.2, 0.25) is 0 Å². The molecular formula is C8H11N3O. The standard InChI is InChI=1S/C8H11N3O/c12-6-7-4-11(5-7)8-3-9-1-2-10-8/h1-3,7,12H,4-6H2. The van der Waals surface area contributed by atoms with Crippen LogP contribution < -0.4 is 4.90 Å². The molecule has 64 valence electrons. The average molecular weight is 165 g/mol. The van der Waals surface area contributed by atoms with Gasteiger partial charge in [-0.2, -0.15) is 0 Å². The van der Waals surface area contributed by atoms with Gasteiger partial charge in [0.15, 0.2) is 0 Å². The lowest BCUT2D eigenvalue weighted by atomic mass is 10.0. The molecule has 0 saturated carbocycles. The van der Waals surface area contributed by atoms with Gasteiger partial charge in [0.2, 0.25) is 0 Å². The molecule has 0 unspecified atom stereocenters. The van der Waals surface area contributed by atoms with Crippen LogP contribution in [0.3, 0.4) is 0 Å². The van der Waals surface area contributed by atoms with Gasteiger partial charge in [-0.05, 0) is 0 Å². The van der Waals surface area contributed by atoms with Gasteiger partial charge in [0.25, 0.3) is 0 Å². The summed E-state index contributed by atoms with van der Waals surface area (Å²) < 4.78 is 0. The van der Waals surface area contributed by atoms with Crippen LogP contribution in [-0.2, 0) is 0 Å². The zero-order valence-corrected chi connectivity index (χ0v) is 6.72. The van der Waals surface area contributed by atoms with Crippen LogP contribution >= 0.6 is 0 Å². The van der Waals surface area contributed by atoms with Gasteiger partial charge in [-0.15, -0.1) is 0 Å². The lowest BCUT2D eigenvalue weighted by Gasteiger charge is -2.38. The summed E-state index contributed by atoms with van der Waals surface area (Å²) in [5.74, 6) is 1.33. The minimum absolute atomic E-state index is 0.275. The average Bonchev–Trinajstić information content (AvgIpc) is 2.04. The van der Waals surface area contributed by atoms with E-state index in [0.717, 1.165) is 18.9 Å². The van der Waals surface area contributed by atoms with Gasteiger partial charge < -0.3 is 10.0 Å². The van der Waals surface area contributed by atoms with Gasteiger partial charge in [0, 0.05) is 38.0 Å². The highest BCUT2D eigenvalue weighted by Crippen LogP contribution is 2.20. The van der Waals surface area contributed by atoms with E-state index in [2.05, 4.69) is 14.9 Å². The van der Waals surface area contributed by atoms with Crippen LogP contribution in [0.15, 0.2) is 18.6 Å². The van der Waals surface area contributed by atoms with E-state index in [9.17, 15) is 0 Å². The topological polar surface area (TPSA) is 49.2 Å². The second kappa shape index (κ2) is 3.06. The van der Waals surface area contributed by atoms with Crippen molar-refractivity contribution in [2.24, 2.45) is 5.92 Å². The van der Waals surface area contributed by atoms with Crippen LogP contribution in [-0.4, -0.2) is 34.8 Å². The molecule has 0 aromatic carbocycles. The first-order valence-electron chi connectivity index (χ1n) is 4.02. The van der Waals surface area contributed by atoms with Crippen molar-refractivity contribution >= 4 is 5.82 Å². The third-order valence-electron chi connectivity index (χ3n) is 2.09. The van der Waals surface area contributed by atoms with Gasteiger partial charge in [-0.1, -0.05) is 0 Å². The molecule has 0 amide bonds. The van der Waals surface area contributed by atoms with E-state index in [1.54, 1.807) is 18.6 Å². The maximum absolute atomic E-state index is 8.79. The van der Waals surface area contributed by atoms with Crippen molar-refractivity contribution < 1.29 is 5.11 Å². The van der Waals surface area contributed by atoms with Crippen LogP contribution in [0.25, 0.3) is 0 Å². The zero-order valence-electron chi connectivity index (χ0n) is 6.72. The molecule has 1 aromatic rings. The Balaban J connectivity index is 1.97. The van der Waals surface area contributed by atoms with E-state index in [4.69, 9.17) is 5.11 Å². The maximum atomic E-state index is 8.79. The highest BCUT2D eigenvalue weighted by molar-refractivity contribution is 5.38. The zero-order chi connectivity index (χ0) is 8.39. The van der Waals surface area contributed by atoms with Crippen LogP contribution in [0.1, 0.15) is 0 Å². The molecule has 12 heavy (non-hydrogen) atoms. The molecule has 4 heteroatoms. The fourth-order valence-corrected chi connectivity index (χ4v) is 1.33. The summed E-state index contributed by atoms with van der Waals surface area (Å²) in [5.41, 5.74) is 0. The second-order valence-electron chi connectivity index (χ2n) is 3.02. The first-order chi connectivity index (χ1) is 5.90. The number of hydrogen-bond donors (Lipinski definition) is 1. The van der Waals surface area contributed by atoms with Gasteiger partial charge in [-0.3, -0.25) is 4.98 Å². The smallest absolute Gasteiger partial charge is 0.147 e. The second-order valence-corrected chi connectivity index (χ2v) is 3.02. The van der Waals surface area contributed by atoms with Crippen molar-refractivity contribution in [2.45, 2.75) is 0 Å². The molecule has 1 aromatic heterocycles. The summed E-state index contributed by atoms with van der Waals surface area (Å²) in [4.78, 5) is 10.2. The molecular weight excluding hydrogens is 154 g/mol. The number of rotatable bonds is 2. The van der Waals surface area contributed by atoms with Crippen molar-refractivity contribution in [2.75, 3.05) is 24.6 Å². The molecule has 4 nitrogen and oxygen atoms in total. The van der Waals surface area contributed by atoms with Crippen molar-refractivity contribution in [3.63, 3.8) is 0 Å². The minimum Gasteiger partial charge on any atom is -0.396 e. The Morgan fingerprint density at radius 1 is 1.50 bits per heavy atom. The normalized spacial score (nSPS) is 17.6. The fraction of sp³-hybridized carbons (Fsp3) is 0.500. The van der Waals surface area contributed by atoms with Crippen LogP contribution in [0.4, 0.5) is 5.82 Å². The third-order valence-corrected chi connectivity index (χ3v) is 2.09. The highest BCUT2D eigenvalue weighted by Gasteiger charge is 2.26. The monoisotopic (exact) mass is 165 g/mol. The molecule has 0 radical (unpaired) electrons. The van der Waals surface area contributed by atoms with Gasteiger partial charge in [-0.25, -0.2) is 4.98 Å². The Hall–Kier alpha value is -1.16. The number of aliphatic hydroxyl groups excluding tert-OH is 1. The summed E-state index contributed by atoms with van der Waals surface area (Å²) in [6, 6.07) is 0. The maximum Gasteiger partial charge on any atom is 0.147 e. The molecule has 1 aliphatic rings. The predicted molar refractivity (Wildman–Crippen MR) is 44.8 cm³/mol. The van der Waals surface area contributed by atoms with Crippen molar-refractivity contribution in [1.29, 1.82) is 0 Å². The van der Waals surface area contributed by atoms with Gasteiger partial charge in [0.05, 0.1) is 6.20 Å². The highest BCUT2D eigenvalue weighted by atomic mass is 16.3. The number of hydrogen-bond acceptors (Lipinski definition) is 4. The van der Waals surface area contributed by atoms with Crippen molar-refractivity contribution in [1.82, 2.24) is 9.97 Å². The van der Waals surface area contributed by atoms with E-state index < -0.39 is 0 Å².